The molecule has 1 saturated heterocycles. The number of aromatic nitrogens is 2. The lowest BCUT2D eigenvalue weighted by molar-refractivity contribution is -0.138. The van der Waals surface area contributed by atoms with Gasteiger partial charge in [0.1, 0.15) is 0 Å². The van der Waals surface area contributed by atoms with Crippen molar-refractivity contribution in [1.29, 1.82) is 0 Å². The fraction of sp³-hybridized carbons (Fsp3) is 0.643. The van der Waals surface area contributed by atoms with Gasteiger partial charge in [-0.05, 0) is 32.6 Å². The Kier molecular flexibility index (Phi) is 4.42. The Bertz CT molecular complexity index is 539. The molecule has 6 heteroatoms. The lowest BCUT2D eigenvalue weighted by atomic mass is 9.95. The van der Waals surface area contributed by atoms with E-state index in [-0.39, 0.29) is 23.9 Å². The van der Waals surface area contributed by atoms with Crippen LogP contribution < -0.4 is 10.5 Å². The third-order valence-electron chi connectivity index (χ3n) is 3.69. The Morgan fingerprint density at radius 3 is 2.95 bits per heavy atom. The number of carboxylic acid groups (broad SMARTS) is 1. The second-order valence-corrected chi connectivity index (χ2v) is 5.61. The zero-order valence-electron chi connectivity index (χ0n) is 12.0. The van der Waals surface area contributed by atoms with E-state index in [0.29, 0.717) is 12.4 Å². The second kappa shape index (κ2) is 6.07. The predicted octanol–water partition coefficient (Wildman–Crippen LogP) is 1.52. The van der Waals surface area contributed by atoms with Gasteiger partial charge in [-0.3, -0.25) is 9.59 Å². The van der Waals surface area contributed by atoms with E-state index in [2.05, 4.69) is 4.98 Å². The standard InChI is InChI=1S/C14H21N3O3/c1-10(2)17-7-5-15-13(14(17)20)16-6-3-4-11(9-16)8-12(18)19/h5,7,10-11H,3-4,6,8-9H2,1-2H3,(H,18,19). The van der Waals surface area contributed by atoms with Gasteiger partial charge in [-0.2, -0.15) is 0 Å². The molecule has 1 atom stereocenters. The highest BCUT2D eigenvalue weighted by molar-refractivity contribution is 5.67. The van der Waals surface area contributed by atoms with Gasteiger partial charge in [0.25, 0.3) is 5.56 Å². The molecule has 0 radical (unpaired) electrons. The van der Waals surface area contributed by atoms with E-state index < -0.39 is 5.97 Å². The van der Waals surface area contributed by atoms with Crippen molar-refractivity contribution in [3.8, 4) is 0 Å². The molecule has 0 bridgehead atoms. The molecule has 0 amide bonds. The third kappa shape index (κ3) is 3.18. The summed E-state index contributed by atoms with van der Waals surface area (Å²) < 4.78 is 1.66. The van der Waals surface area contributed by atoms with E-state index >= 15 is 0 Å². The van der Waals surface area contributed by atoms with Crippen molar-refractivity contribution < 1.29 is 9.90 Å². The fourth-order valence-corrected chi connectivity index (χ4v) is 2.71. The smallest absolute Gasteiger partial charge is 0.303 e. The van der Waals surface area contributed by atoms with E-state index in [1.54, 1.807) is 17.0 Å². The predicted molar refractivity (Wildman–Crippen MR) is 76.1 cm³/mol. The highest BCUT2D eigenvalue weighted by atomic mass is 16.4. The molecule has 1 aliphatic rings. The van der Waals surface area contributed by atoms with Gasteiger partial charge in [-0.25, -0.2) is 4.98 Å². The highest BCUT2D eigenvalue weighted by Gasteiger charge is 2.25. The maximum absolute atomic E-state index is 12.4. The molecule has 0 aliphatic carbocycles. The van der Waals surface area contributed by atoms with Gasteiger partial charge >= 0.3 is 5.97 Å². The summed E-state index contributed by atoms with van der Waals surface area (Å²) >= 11 is 0. The van der Waals surface area contributed by atoms with Gasteiger partial charge in [-0.1, -0.05) is 0 Å². The maximum Gasteiger partial charge on any atom is 0.303 e. The lowest BCUT2D eigenvalue weighted by Crippen LogP contribution is -2.41. The van der Waals surface area contributed by atoms with Crippen LogP contribution in [-0.4, -0.2) is 33.7 Å². The molecule has 1 N–H and O–H groups in total. The first-order valence-electron chi connectivity index (χ1n) is 7.03. The first-order valence-corrected chi connectivity index (χ1v) is 7.03. The van der Waals surface area contributed by atoms with E-state index in [1.807, 2.05) is 18.7 Å². The number of rotatable bonds is 4. The van der Waals surface area contributed by atoms with Crippen LogP contribution in [0.3, 0.4) is 0 Å². The van der Waals surface area contributed by atoms with Crippen LogP contribution in [0.1, 0.15) is 39.2 Å². The van der Waals surface area contributed by atoms with Crippen LogP contribution in [0.5, 0.6) is 0 Å². The number of carboxylic acids is 1. The molecule has 20 heavy (non-hydrogen) atoms. The van der Waals surface area contributed by atoms with E-state index in [1.165, 1.54) is 0 Å². The van der Waals surface area contributed by atoms with Gasteiger partial charge < -0.3 is 14.6 Å². The van der Waals surface area contributed by atoms with Crippen LogP contribution in [0.2, 0.25) is 0 Å². The van der Waals surface area contributed by atoms with Crippen molar-refractivity contribution in [1.82, 2.24) is 9.55 Å². The van der Waals surface area contributed by atoms with Crippen molar-refractivity contribution in [2.75, 3.05) is 18.0 Å². The number of piperidine rings is 1. The molecule has 1 aromatic heterocycles. The summed E-state index contributed by atoms with van der Waals surface area (Å²) in [7, 11) is 0. The van der Waals surface area contributed by atoms with Crippen LogP contribution >= 0.6 is 0 Å². The summed E-state index contributed by atoms with van der Waals surface area (Å²) in [6.07, 6.45) is 5.28. The molecule has 6 nitrogen and oxygen atoms in total. The Morgan fingerprint density at radius 1 is 1.55 bits per heavy atom. The first kappa shape index (κ1) is 14.6. The normalized spacial score (nSPS) is 19.4. The monoisotopic (exact) mass is 279 g/mol. The zero-order chi connectivity index (χ0) is 14.7. The highest BCUT2D eigenvalue weighted by Crippen LogP contribution is 2.22. The first-order chi connectivity index (χ1) is 9.49. The molecule has 0 spiro atoms. The lowest BCUT2D eigenvalue weighted by Gasteiger charge is -2.32. The Hall–Kier alpha value is -1.85. The van der Waals surface area contributed by atoms with Crippen LogP contribution in [0.15, 0.2) is 17.2 Å². The number of carbonyl (C=O) groups is 1. The van der Waals surface area contributed by atoms with Crippen molar-refractivity contribution in [2.24, 2.45) is 5.92 Å². The summed E-state index contributed by atoms with van der Waals surface area (Å²) in [5.41, 5.74) is -0.0986. The van der Waals surface area contributed by atoms with Gasteiger partial charge in [0.15, 0.2) is 5.82 Å². The average Bonchev–Trinajstić information content (AvgIpc) is 2.38. The van der Waals surface area contributed by atoms with Crippen molar-refractivity contribution >= 4 is 11.8 Å². The minimum absolute atomic E-state index is 0.0869. The summed E-state index contributed by atoms with van der Waals surface area (Å²) in [5.74, 6) is -0.246. The molecule has 2 rings (SSSR count). The molecule has 1 aliphatic heterocycles. The molecule has 2 heterocycles. The average molecular weight is 279 g/mol. The molecule has 0 aromatic carbocycles. The van der Waals surface area contributed by atoms with Gasteiger partial charge in [0, 0.05) is 37.9 Å². The fourth-order valence-electron chi connectivity index (χ4n) is 2.71. The summed E-state index contributed by atoms with van der Waals surface area (Å²) in [5, 5.41) is 8.89. The molecule has 0 saturated carbocycles. The number of nitrogens with zero attached hydrogens (tertiary/aromatic N) is 3. The summed E-state index contributed by atoms with van der Waals surface area (Å²) in [4.78, 5) is 29.3. The molecule has 1 unspecified atom stereocenters. The Morgan fingerprint density at radius 2 is 2.30 bits per heavy atom. The number of hydrogen-bond acceptors (Lipinski definition) is 4. The molecule has 1 fully saturated rings. The van der Waals surface area contributed by atoms with Crippen LogP contribution in [0.25, 0.3) is 0 Å². The van der Waals surface area contributed by atoms with Gasteiger partial charge in [0.05, 0.1) is 0 Å². The number of aliphatic carboxylic acids is 1. The van der Waals surface area contributed by atoms with E-state index in [0.717, 1.165) is 19.4 Å². The summed E-state index contributed by atoms with van der Waals surface area (Å²) in [6, 6.07) is 0.0869. The Labute approximate surface area is 118 Å². The minimum Gasteiger partial charge on any atom is -0.481 e. The second-order valence-electron chi connectivity index (χ2n) is 5.61. The van der Waals surface area contributed by atoms with Crippen LogP contribution in [0.4, 0.5) is 5.82 Å². The zero-order valence-corrected chi connectivity index (χ0v) is 12.0. The number of anilines is 1. The number of hydrogen-bond donors (Lipinski definition) is 1. The minimum atomic E-state index is -0.780. The van der Waals surface area contributed by atoms with Crippen molar-refractivity contribution in [3.63, 3.8) is 0 Å². The topological polar surface area (TPSA) is 75.4 Å². The van der Waals surface area contributed by atoms with Crippen LogP contribution in [0, 0.1) is 5.92 Å². The quantitative estimate of drug-likeness (QED) is 0.904. The molecular formula is C14H21N3O3. The molecule has 110 valence electrons. The summed E-state index contributed by atoms with van der Waals surface area (Å²) in [6.45, 7) is 5.26. The van der Waals surface area contributed by atoms with E-state index in [4.69, 9.17) is 5.11 Å². The third-order valence-corrected chi connectivity index (χ3v) is 3.69. The van der Waals surface area contributed by atoms with Gasteiger partial charge in [0.2, 0.25) is 0 Å². The van der Waals surface area contributed by atoms with Crippen LogP contribution in [-0.2, 0) is 4.79 Å². The van der Waals surface area contributed by atoms with Crippen molar-refractivity contribution in [3.05, 3.63) is 22.7 Å². The SMILES string of the molecule is CC(C)n1ccnc(N2CCCC(CC(=O)O)C2)c1=O. The largest absolute Gasteiger partial charge is 0.481 e. The molecular weight excluding hydrogens is 258 g/mol. The van der Waals surface area contributed by atoms with Crippen molar-refractivity contribution in [2.45, 2.75) is 39.2 Å². The maximum atomic E-state index is 12.4. The Balaban J connectivity index is 2.21. The van der Waals surface area contributed by atoms with E-state index in [9.17, 15) is 9.59 Å². The molecule has 1 aromatic rings. The van der Waals surface area contributed by atoms with Gasteiger partial charge in [-0.15, -0.1) is 0 Å².